The molecule has 0 atom stereocenters. The molecule has 0 spiro atoms. The Bertz CT molecular complexity index is 463. The number of esters is 1. The lowest BCUT2D eigenvalue weighted by atomic mass is 10.0. The Kier molecular flexibility index (Phi) is 3.55. The first-order chi connectivity index (χ1) is 7.81. The monoisotopic (exact) mass is 248 g/mol. The Morgan fingerprint density at radius 3 is 2.41 bits per heavy atom. The van der Waals surface area contributed by atoms with Crippen LogP contribution in [0.3, 0.4) is 0 Å². The van der Waals surface area contributed by atoms with Gasteiger partial charge in [-0.2, -0.15) is 13.2 Å². The minimum Gasteiger partial charge on any atom is -0.465 e. The minimum absolute atomic E-state index is 0.497. The largest absolute Gasteiger partial charge is 0.465 e. The first-order valence-electron chi connectivity index (χ1n) is 4.42. The molecular weight excluding hydrogens is 240 g/mol. The van der Waals surface area contributed by atoms with Crippen LogP contribution in [0.25, 0.3) is 6.08 Å². The summed E-state index contributed by atoms with van der Waals surface area (Å²) >= 11 is 0. The molecule has 17 heavy (non-hydrogen) atoms. The summed E-state index contributed by atoms with van der Waals surface area (Å²) < 4.78 is 55.4. The van der Waals surface area contributed by atoms with Crippen molar-refractivity contribution in [3.8, 4) is 0 Å². The fraction of sp³-hybridized carbons (Fsp3) is 0.182. The van der Waals surface area contributed by atoms with Crippen LogP contribution in [0.15, 0.2) is 18.7 Å². The highest BCUT2D eigenvalue weighted by Gasteiger charge is 2.35. The molecule has 0 heterocycles. The number of hydrogen-bond acceptors (Lipinski definition) is 2. The summed E-state index contributed by atoms with van der Waals surface area (Å²) in [5.41, 5.74) is -2.44. The number of carbonyl (C=O) groups excluding carboxylic acids is 1. The van der Waals surface area contributed by atoms with Gasteiger partial charge in [-0.1, -0.05) is 12.7 Å². The quantitative estimate of drug-likeness (QED) is 0.593. The van der Waals surface area contributed by atoms with E-state index in [4.69, 9.17) is 0 Å². The minimum atomic E-state index is -4.77. The second kappa shape index (κ2) is 4.57. The van der Waals surface area contributed by atoms with Crippen LogP contribution in [-0.4, -0.2) is 13.1 Å². The smallest absolute Gasteiger partial charge is 0.417 e. The van der Waals surface area contributed by atoms with Crippen LogP contribution in [0.2, 0.25) is 0 Å². The van der Waals surface area contributed by atoms with E-state index in [0.717, 1.165) is 13.2 Å². The summed E-state index contributed by atoms with van der Waals surface area (Å²) in [5.74, 6) is -2.21. The summed E-state index contributed by atoms with van der Waals surface area (Å²) in [7, 11) is 0.995. The van der Waals surface area contributed by atoms with E-state index in [1.165, 1.54) is 0 Å². The van der Waals surface area contributed by atoms with Gasteiger partial charge in [0.1, 0.15) is 5.82 Å². The number of alkyl halides is 3. The van der Waals surface area contributed by atoms with Crippen LogP contribution in [-0.2, 0) is 10.9 Å². The molecule has 1 aromatic rings. The Hall–Kier alpha value is -1.85. The van der Waals surface area contributed by atoms with Crippen molar-refractivity contribution < 1.29 is 27.1 Å². The maximum absolute atomic E-state index is 13.4. The van der Waals surface area contributed by atoms with Gasteiger partial charge in [0, 0.05) is 5.56 Å². The molecule has 1 rings (SSSR count). The summed E-state index contributed by atoms with van der Waals surface area (Å²) in [6, 6.07) is 1.21. The summed E-state index contributed by atoms with van der Waals surface area (Å²) in [6.07, 6.45) is -4.02. The number of carbonyl (C=O) groups is 1. The van der Waals surface area contributed by atoms with Crippen LogP contribution in [0.1, 0.15) is 21.5 Å². The predicted molar refractivity (Wildman–Crippen MR) is 52.8 cm³/mol. The number of halogens is 4. The average Bonchev–Trinajstić information content (AvgIpc) is 2.25. The standard InChI is InChI=1S/C11H8F4O2/c1-3-7-8(11(13,14)15)4-6(5-9(7)12)10(16)17-2/h3-5H,1H2,2H3. The molecule has 0 aliphatic rings. The number of hydrogen-bond donors (Lipinski definition) is 0. The van der Waals surface area contributed by atoms with Gasteiger partial charge in [-0.3, -0.25) is 0 Å². The van der Waals surface area contributed by atoms with E-state index in [1.807, 2.05) is 0 Å². The van der Waals surface area contributed by atoms with E-state index in [1.54, 1.807) is 0 Å². The topological polar surface area (TPSA) is 26.3 Å². The molecule has 0 amide bonds. The number of methoxy groups -OCH3 is 1. The molecule has 2 nitrogen and oxygen atoms in total. The van der Waals surface area contributed by atoms with Crippen molar-refractivity contribution in [2.24, 2.45) is 0 Å². The van der Waals surface area contributed by atoms with E-state index in [-0.39, 0.29) is 0 Å². The lowest BCUT2D eigenvalue weighted by Gasteiger charge is -2.12. The van der Waals surface area contributed by atoms with Crippen LogP contribution < -0.4 is 0 Å². The summed E-state index contributed by atoms with van der Waals surface area (Å²) in [5, 5.41) is 0. The third-order valence-electron chi connectivity index (χ3n) is 2.06. The Balaban J connectivity index is 3.50. The van der Waals surface area contributed by atoms with Gasteiger partial charge in [-0.25, -0.2) is 9.18 Å². The highest BCUT2D eigenvalue weighted by molar-refractivity contribution is 5.90. The van der Waals surface area contributed by atoms with Crippen molar-refractivity contribution in [3.63, 3.8) is 0 Å². The molecule has 0 aliphatic heterocycles. The maximum Gasteiger partial charge on any atom is 0.417 e. The van der Waals surface area contributed by atoms with Crippen molar-refractivity contribution in [1.82, 2.24) is 0 Å². The fourth-order valence-electron chi connectivity index (χ4n) is 1.30. The average molecular weight is 248 g/mol. The SMILES string of the molecule is C=Cc1c(F)cc(C(=O)OC)cc1C(F)(F)F. The zero-order chi connectivity index (χ0) is 13.2. The van der Waals surface area contributed by atoms with Crippen molar-refractivity contribution in [3.05, 3.63) is 41.2 Å². The molecule has 0 N–H and O–H groups in total. The normalized spacial score (nSPS) is 11.1. The molecule has 0 saturated carbocycles. The summed E-state index contributed by atoms with van der Waals surface area (Å²) in [4.78, 5) is 11.1. The zero-order valence-electron chi connectivity index (χ0n) is 8.77. The molecule has 0 aromatic heterocycles. The van der Waals surface area contributed by atoms with Crippen molar-refractivity contribution in [2.75, 3.05) is 7.11 Å². The molecule has 92 valence electrons. The Morgan fingerprint density at radius 2 is 2.00 bits per heavy atom. The number of benzene rings is 1. The van der Waals surface area contributed by atoms with Crippen molar-refractivity contribution in [1.29, 1.82) is 0 Å². The zero-order valence-corrected chi connectivity index (χ0v) is 8.77. The van der Waals surface area contributed by atoms with Crippen LogP contribution >= 0.6 is 0 Å². The van der Waals surface area contributed by atoms with Crippen LogP contribution in [0.5, 0.6) is 0 Å². The van der Waals surface area contributed by atoms with E-state index in [2.05, 4.69) is 11.3 Å². The molecule has 0 radical (unpaired) electrons. The molecule has 1 aromatic carbocycles. The lowest BCUT2D eigenvalue weighted by molar-refractivity contribution is -0.137. The third-order valence-corrected chi connectivity index (χ3v) is 2.06. The van der Waals surface area contributed by atoms with Crippen LogP contribution in [0.4, 0.5) is 17.6 Å². The van der Waals surface area contributed by atoms with E-state index >= 15 is 0 Å². The fourth-order valence-corrected chi connectivity index (χ4v) is 1.30. The molecule has 0 unspecified atom stereocenters. The highest BCUT2D eigenvalue weighted by Crippen LogP contribution is 2.34. The molecule has 0 aliphatic carbocycles. The molecular formula is C11H8F4O2. The van der Waals surface area contributed by atoms with Gasteiger partial charge in [0.05, 0.1) is 18.2 Å². The molecule has 0 fully saturated rings. The molecule has 6 heteroatoms. The first kappa shape index (κ1) is 13.2. The maximum atomic E-state index is 13.4. The molecule has 0 bridgehead atoms. The van der Waals surface area contributed by atoms with Gasteiger partial charge >= 0.3 is 12.1 Å². The predicted octanol–water partition coefficient (Wildman–Crippen LogP) is 3.27. The van der Waals surface area contributed by atoms with Gasteiger partial charge < -0.3 is 4.74 Å². The summed E-state index contributed by atoms with van der Waals surface area (Å²) in [6.45, 7) is 3.10. The lowest BCUT2D eigenvalue weighted by Crippen LogP contribution is -2.12. The third kappa shape index (κ3) is 2.64. The van der Waals surface area contributed by atoms with Crippen molar-refractivity contribution >= 4 is 12.0 Å². The second-order valence-corrected chi connectivity index (χ2v) is 3.11. The van der Waals surface area contributed by atoms with Gasteiger partial charge in [-0.05, 0) is 12.1 Å². The van der Waals surface area contributed by atoms with Gasteiger partial charge in [-0.15, -0.1) is 0 Å². The van der Waals surface area contributed by atoms with Crippen LogP contribution in [0, 0.1) is 5.82 Å². The first-order valence-corrected chi connectivity index (χ1v) is 4.42. The Morgan fingerprint density at radius 1 is 1.41 bits per heavy atom. The van der Waals surface area contributed by atoms with Gasteiger partial charge in [0.15, 0.2) is 0 Å². The van der Waals surface area contributed by atoms with E-state index in [0.29, 0.717) is 12.1 Å². The van der Waals surface area contributed by atoms with Gasteiger partial charge in [0.25, 0.3) is 0 Å². The van der Waals surface area contributed by atoms with Crippen molar-refractivity contribution in [2.45, 2.75) is 6.18 Å². The van der Waals surface area contributed by atoms with E-state index in [9.17, 15) is 22.4 Å². The number of ether oxygens (including phenoxy) is 1. The van der Waals surface area contributed by atoms with Gasteiger partial charge in [0.2, 0.25) is 0 Å². The highest BCUT2D eigenvalue weighted by atomic mass is 19.4. The van der Waals surface area contributed by atoms with E-state index < -0.39 is 34.7 Å². The Labute approximate surface area is 94.5 Å². The molecule has 0 saturated heterocycles. The number of rotatable bonds is 2. The second-order valence-electron chi connectivity index (χ2n) is 3.11.